The van der Waals surface area contributed by atoms with Gasteiger partial charge in [-0.2, -0.15) is 0 Å². The molecule has 0 aliphatic carbocycles. The molecule has 24 heavy (non-hydrogen) atoms. The van der Waals surface area contributed by atoms with Gasteiger partial charge in [0.25, 0.3) is 0 Å². The summed E-state index contributed by atoms with van der Waals surface area (Å²) in [7, 11) is 0. The highest BCUT2D eigenvalue weighted by molar-refractivity contribution is 5.98. The molecule has 0 atom stereocenters. The van der Waals surface area contributed by atoms with Crippen LogP contribution in [-0.2, 0) is 9.59 Å². The molecule has 0 fully saturated rings. The first-order chi connectivity index (χ1) is 11.5. The molecule has 0 aliphatic rings. The molecule has 2 aromatic carbocycles. The summed E-state index contributed by atoms with van der Waals surface area (Å²) in [6.45, 7) is 5.33. The fourth-order valence-corrected chi connectivity index (χ4v) is 2.50. The largest absolute Gasteiger partial charge is 0.316 e. The number of amides is 1. The maximum Gasteiger partial charge on any atom is 0.234 e. The van der Waals surface area contributed by atoms with Crippen molar-refractivity contribution in [2.45, 2.75) is 33.2 Å². The van der Waals surface area contributed by atoms with Crippen molar-refractivity contribution >= 4 is 17.3 Å². The van der Waals surface area contributed by atoms with E-state index in [1.807, 2.05) is 80.7 Å². The van der Waals surface area contributed by atoms with E-state index >= 15 is 0 Å². The second-order valence-electron chi connectivity index (χ2n) is 6.05. The van der Waals surface area contributed by atoms with Crippen LogP contribution in [0.15, 0.2) is 66.9 Å². The Morgan fingerprint density at radius 1 is 0.917 bits per heavy atom. The molecule has 2 aromatic rings. The number of rotatable bonds is 6. The topological polar surface area (TPSA) is 37.4 Å². The summed E-state index contributed by atoms with van der Waals surface area (Å²) in [6, 6.07) is 19.9. The van der Waals surface area contributed by atoms with Gasteiger partial charge in [0, 0.05) is 17.8 Å². The monoisotopic (exact) mass is 321 g/mol. The summed E-state index contributed by atoms with van der Waals surface area (Å²) in [6.07, 6.45) is 1.78. The van der Waals surface area contributed by atoms with Crippen molar-refractivity contribution in [2.24, 2.45) is 0 Å². The lowest BCUT2D eigenvalue weighted by atomic mass is 9.98. The number of nitrogens with zero attached hydrogens (tertiary/aromatic N) is 1. The molecule has 0 saturated heterocycles. The Morgan fingerprint density at radius 3 is 1.75 bits per heavy atom. The van der Waals surface area contributed by atoms with Crippen molar-refractivity contribution in [1.29, 1.82) is 0 Å². The number of hydrogen-bond donors (Lipinski definition) is 0. The molecule has 0 bridgehead atoms. The highest BCUT2D eigenvalue weighted by Gasteiger charge is 2.18. The summed E-state index contributed by atoms with van der Waals surface area (Å²) < 4.78 is 0. The van der Waals surface area contributed by atoms with Gasteiger partial charge in [0.2, 0.25) is 5.91 Å². The molecular weight excluding hydrogens is 298 g/mol. The first-order valence-corrected chi connectivity index (χ1v) is 8.12. The minimum absolute atomic E-state index is 0.0284. The van der Waals surface area contributed by atoms with E-state index in [-0.39, 0.29) is 24.2 Å². The van der Waals surface area contributed by atoms with Gasteiger partial charge >= 0.3 is 0 Å². The van der Waals surface area contributed by atoms with Crippen molar-refractivity contribution in [2.75, 3.05) is 0 Å². The summed E-state index contributed by atoms with van der Waals surface area (Å²) in [5.74, 6) is -0.304. The van der Waals surface area contributed by atoms with Gasteiger partial charge in [-0.05, 0) is 31.9 Å². The smallest absolute Gasteiger partial charge is 0.234 e. The van der Waals surface area contributed by atoms with E-state index in [2.05, 4.69) is 0 Å². The predicted octanol–water partition coefficient (Wildman–Crippen LogP) is 4.29. The van der Waals surface area contributed by atoms with E-state index in [1.54, 1.807) is 4.90 Å². The Labute approximate surface area is 143 Å². The minimum atomic E-state index is -0.179. The van der Waals surface area contributed by atoms with Crippen LogP contribution >= 0.6 is 0 Å². The van der Waals surface area contributed by atoms with Crippen molar-refractivity contribution in [3.63, 3.8) is 0 Å². The van der Waals surface area contributed by atoms with Gasteiger partial charge in [0.1, 0.15) is 5.78 Å². The van der Waals surface area contributed by atoms with E-state index in [0.717, 1.165) is 16.7 Å². The third-order valence-corrected chi connectivity index (χ3v) is 3.68. The van der Waals surface area contributed by atoms with Crippen molar-refractivity contribution in [3.8, 4) is 0 Å². The van der Waals surface area contributed by atoms with Crippen molar-refractivity contribution in [1.82, 2.24) is 4.90 Å². The van der Waals surface area contributed by atoms with Crippen LogP contribution in [0.4, 0.5) is 0 Å². The first kappa shape index (κ1) is 17.7. The van der Waals surface area contributed by atoms with Crippen LogP contribution < -0.4 is 0 Å². The summed E-state index contributed by atoms with van der Waals surface area (Å²) in [4.78, 5) is 25.4. The first-order valence-electron chi connectivity index (χ1n) is 8.12. The maximum atomic E-state index is 12.5. The summed E-state index contributed by atoms with van der Waals surface area (Å²) >= 11 is 0. The van der Waals surface area contributed by atoms with Crippen LogP contribution in [0.3, 0.4) is 0 Å². The number of Topliss-reactive ketones (excluding diaryl/α,β-unsaturated/α-hetero) is 1. The molecule has 0 aliphatic heterocycles. The van der Waals surface area contributed by atoms with Crippen molar-refractivity contribution < 1.29 is 9.59 Å². The Morgan fingerprint density at radius 2 is 1.38 bits per heavy atom. The van der Waals surface area contributed by atoms with Gasteiger partial charge in [0.15, 0.2) is 0 Å². The number of benzene rings is 2. The van der Waals surface area contributed by atoms with Crippen LogP contribution in [0, 0.1) is 0 Å². The lowest BCUT2D eigenvalue weighted by molar-refractivity contribution is -0.133. The molecular formula is C21H23NO2. The van der Waals surface area contributed by atoms with E-state index in [1.165, 1.54) is 6.92 Å². The van der Waals surface area contributed by atoms with Crippen LogP contribution in [0.2, 0.25) is 0 Å². The zero-order chi connectivity index (χ0) is 17.5. The Kier molecular flexibility index (Phi) is 6.07. The SMILES string of the molecule is CC(=O)CC(=O)N(C=C(c1ccccc1)c1ccccc1)C(C)C. The van der Waals surface area contributed by atoms with Crippen LogP contribution in [-0.4, -0.2) is 22.6 Å². The quantitative estimate of drug-likeness (QED) is 0.744. The van der Waals surface area contributed by atoms with Crippen molar-refractivity contribution in [3.05, 3.63) is 78.0 Å². The predicted molar refractivity (Wildman–Crippen MR) is 97.2 cm³/mol. The summed E-state index contributed by atoms with van der Waals surface area (Å²) in [5.41, 5.74) is 3.02. The van der Waals surface area contributed by atoms with Crippen LogP contribution in [0.5, 0.6) is 0 Å². The normalized spacial score (nSPS) is 10.3. The summed E-state index contributed by atoms with van der Waals surface area (Å²) in [5, 5.41) is 0. The standard InChI is InChI=1S/C21H23NO2/c1-16(2)22(21(24)14-17(3)23)15-20(18-10-6-4-7-11-18)19-12-8-5-9-13-19/h4-13,15-16H,14H2,1-3H3. The number of carbonyl (C=O) groups excluding carboxylic acids is 2. The van der Waals surface area contributed by atoms with E-state index in [9.17, 15) is 9.59 Å². The molecule has 3 heteroatoms. The fraction of sp³-hybridized carbons (Fsp3) is 0.238. The third-order valence-electron chi connectivity index (χ3n) is 3.68. The zero-order valence-electron chi connectivity index (χ0n) is 14.4. The number of carbonyl (C=O) groups is 2. The Hall–Kier alpha value is -2.68. The molecule has 0 radical (unpaired) electrons. The van der Waals surface area contributed by atoms with Crippen LogP contribution in [0.1, 0.15) is 38.3 Å². The average molecular weight is 321 g/mol. The highest BCUT2D eigenvalue weighted by Crippen LogP contribution is 2.24. The molecule has 0 unspecified atom stereocenters. The number of hydrogen-bond acceptors (Lipinski definition) is 2. The fourth-order valence-electron chi connectivity index (χ4n) is 2.50. The van der Waals surface area contributed by atoms with Gasteiger partial charge < -0.3 is 4.90 Å². The van der Waals surface area contributed by atoms with Gasteiger partial charge in [-0.25, -0.2) is 0 Å². The Bertz CT molecular complexity index is 677. The van der Waals surface area contributed by atoms with Gasteiger partial charge in [0.05, 0.1) is 6.42 Å². The molecule has 3 nitrogen and oxygen atoms in total. The third kappa shape index (κ3) is 4.66. The van der Waals surface area contributed by atoms with Gasteiger partial charge in [-0.1, -0.05) is 60.7 Å². The molecule has 124 valence electrons. The molecule has 0 spiro atoms. The second kappa shape index (κ2) is 8.25. The lowest BCUT2D eigenvalue weighted by Gasteiger charge is -2.24. The molecule has 1 amide bonds. The van der Waals surface area contributed by atoms with Crippen LogP contribution in [0.25, 0.3) is 5.57 Å². The molecule has 0 heterocycles. The van der Waals surface area contributed by atoms with Gasteiger partial charge in [-0.15, -0.1) is 0 Å². The van der Waals surface area contributed by atoms with E-state index in [4.69, 9.17) is 0 Å². The second-order valence-corrected chi connectivity index (χ2v) is 6.05. The zero-order valence-corrected chi connectivity index (χ0v) is 14.4. The molecule has 0 saturated carbocycles. The minimum Gasteiger partial charge on any atom is -0.316 e. The molecule has 2 rings (SSSR count). The van der Waals surface area contributed by atoms with E-state index < -0.39 is 0 Å². The van der Waals surface area contributed by atoms with Gasteiger partial charge in [-0.3, -0.25) is 9.59 Å². The Balaban J connectivity index is 2.50. The molecule has 0 aromatic heterocycles. The number of ketones is 1. The maximum absolute atomic E-state index is 12.5. The molecule has 0 N–H and O–H groups in total. The highest BCUT2D eigenvalue weighted by atomic mass is 16.2. The van der Waals surface area contributed by atoms with E-state index in [0.29, 0.717) is 0 Å². The average Bonchev–Trinajstić information content (AvgIpc) is 2.56. The lowest BCUT2D eigenvalue weighted by Crippen LogP contribution is -2.33.